The van der Waals surface area contributed by atoms with E-state index in [1.807, 2.05) is 0 Å². The highest BCUT2D eigenvalue weighted by atomic mass is 79.9. The van der Waals surface area contributed by atoms with Crippen LogP contribution in [0, 0.1) is 5.92 Å². The van der Waals surface area contributed by atoms with Crippen molar-refractivity contribution in [1.82, 2.24) is 5.32 Å². The van der Waals surface area contributed by atoms with Gasteiger partial charge in [0.1, 0.15) is 0 Å². The van der Waals surface area contributed by atoms with Gasteiger partial charge in [0, 0.05) is 24.2 Å². The summed E-state index contributed by atoms with van der Waals surface area (Å²) in [7, 11) is 0. The Morgan fingerprint density at radius 1 is 1.31 bits per heavy atom. The van der Waals surface area contributed by atoms with Crippen LogP contribution in [0.15, 0.2) is 28.7 Å². The molecular formula is C13H18BrNO. The van der Waals surface area contributed by atoms with Crippen LogP contribution in [0.1, 0.15) is 18.4 Å². The van der Waals surface area contributed by atoms with Crippen LogP contribution in [0.5, 0.6) is 0 Å². The monoisotopic (exact) mass is 283 g/mol. The van der Waals surface area contributed by atoms with E-state index in [0.29, 0.717) is 5.92 Å². The normalized spacial score (nSPS) is 20.9. The number of rotatable bonds is 4. The van der Waals surface area contributed by atoms with Crippen LogP contribution in [0.4, 0.5) is 0 Å². The number of ether oxygens (including phenoxy) is 1. The van der Waals surface area contributed by atoms with Gasteiger partial charge in [-0.25, -0.2) is 0 Å². The van der Waals surface area contributed by atoms with Crippen molar-refractivity contribution in [3.05, 3.63) is 34.3 Å². The standard InChI is InChI=1S/C13H18BrNO/c14-13-5-3-11(4-6-13)8-15-9-12-2-1-7-16-10-12/h3-6,12,15H,1-2,7-10H2. The zero-order chi connectivity index (χ0) is 11.2. The molecule has 16 heavy (non-hydrogen) atoms. The van der Waals surface area contributed by atoms with Gasteiger partial charge in [-0.15, -0.1) is 0 Å². The quantitative estimate of drug-likeness (QED) is 0.917. The second kappa shape index (κ2) is 6.38. The van der Waals surface area contributed by atoms with Crippen molar-refractivity contribution in [2.45, 2.75) is 19.4 Å². The van der Waals surface area contributed by atoms with Crippen molar-refractivity contribution in [1.29, 1.82) is 0 Å². The molecule has 2 rings (SSSR count). The van der Waals surface area contributed by atoms with Crippen molar-refractivity contribution >= 4 is 15.9 Å². The summed E-state index contributed by atoms with van der Waals surface area (Å²) >= 11 is 3.44. The first-order valence-electron chi connectivity index (χ1n) is 5.87. The Bertz CT molecular complexity index is 306. The van der Waals surface area contributed by atoms with Gasteiger partial charge in [-0.1, -0.05) is 28.1 Å². The molecule has 1 fully saturated rings. The Balaban J connectivity index is 1.69. The molecule has 1 aliphatic heterocycles. The van der Waals surface area contributed by atoms with Gasteiger partial charge in [0.05, 0.1) is 6.61 Å². The third-order valence-electron chi connectivity index (χ3n) is 2.93. The van der Waals surface area contributed by atoms with Crippen LogP contribution < -0.4 is 5.32 Å². The fourth-order valence-corrected chi connectivity index (χ4v) is 2.26. The molecule has 0 saturated carbocycles. The van der Waals surface area contributed by atoms with Crippen LogP contribution in [0.3, 0.4) is 0 Å². The fraction of sp³-hybridized carbons (Fsp3) is 0.538. The molecule has 1 saturated heterocycles. The van der Waals surface area contributed by atoms with Crippen LogP contribution in [-0.2, 0) is 11.3 Å². The molecule has 3 heteroatoms. The second-order valence-corrected chi connectivity index (χ2v) is 5.26. The maximum Gasteiger partial charge on any atom is 0.0506 e. The molecule has 1 aliphatic rings. The van der Waals surface area contributed by atoms with E-state index >= 15 is 0 Å². The first-order chi connectivity index (χ1) is 7.84. The van der Waals surface area contributed by atoms with Crippen LogP contribution >= 0.6 is 15.9 Å². The summed E-state index contributed by atoms with van der Waals surface area (Å²) in [5, 5.41) is 3.50. The molecule has 0 aromatic heterocycles. The maximum absolute atomic E-state index is 5.45. The summed E-state index contributed by atoms with van der Waals surface area (Å²) in [5.41, 5.74) is 1.33. The van der Waals surface area contributed by atoms with Gasteiger partial charge in [-0.3, -0.25) is 0 Å². The van der Waals surface area contributed by atoms with E-state index < -0.39 is 0 Å². The third-order valence-corrected chi connectivity index (χ3v) is 3.46. The third kappa shape index (κ3) is 3.89. The molecule has 1 N–H and O–H groups in total. The van der Waals surface area contributed by atoms with E-state index in [1.54, 1.807) is 0 Å². The summed E-state index contributed by atoms with van der Waals surface area (Å²) in [4.78, 5) is 0. The Labute approximate surface area is 106 Å². The van der Waals surface area contributed by atoms with Crippen molar-refractivity contribution in [2.24, 2.45) is 5.92 Å². The molecule has 0 bridgehead atoms. The van der Waals surface area contributed by atoms with Gasteiger partial charge >= 0.3 is 0 Å². The van der Waals surface area contributed by atoms with Gasteiger partial charge in [0.2, 0.25) is 0 Å². The number of halogens is 1. The fourth-order valence-electron chi connectivity index (χ4n) is 1.99. The molecule has 1 unspecified atom stereocenters. The molecule has 1 heterocycles. The number of hydrogen-bond donors (Lipinski definition) is 1. The van der Waals surface area contributed by atoms with Crippen molar-refractivity contribution in [3.8, 4) is 0 Å². The minimum Gasteiger partial charge on any atom is -0.381 e. The van der Waals surface area contributed by atoms with Gasteiger partial charge < -0.3 is 10.1 Å². The largest absolute Gasteiger partial charge is 0.381 e. The van der Waals surface area contributed by atoms with E-state index in [2.05, 4.69) is 45.5 Å². The minimum atomic E-state index is 0.698. The SMILES string of the molecule is Brc1ccc(CNCC2CCCOC2)cc1. The maximum atomic E-state index is 5.45. The Morgan fingerprint density at radius 3 is 2.81 bits per heavy atom. The molecular weight excluding hydrogens is 266 g/mol. The van der Waals surface area contributed by atoms with Gasteiger partial charge in [-0.05, 0) is 36.5 Å². The topological polar surface area (TPSA) is 21.3 Å². The Hall–Kier alpha value is -0.380. The van der Waals surface area contributed by atoms with Crippen molar-refractivity contribution in [3.63, 3.8) is 0 Å². The van der Waals surface area contributed by atoms with Gasteiger partial charge in [0.15, 0.2) is 0 Å². The minimum absolute atomic E-state index is 0.698. The average Bonchev–Trinajstić information content (AvgIpc) is 2.33. The van der Waals surface area contributed by atoms with E-state index in [1.165, 1.54) is 18.4 Å². The first kappa shape index (κ1) is 12.1. The zero-order valence-corrected chi connectivity index (χ0v) is 11.0. The summed E-state index contributed by atoms with van der Waals surface area (Å²) in [6.45, 7) is 3.89. The highest BCUT2D eigenvalue weighted by Gasteiger charge is 2.12. The average molecular weight is 284 g/mol. The summed E-state index contributed by atoms with van der Waals surface area (Å²) in [6.07, 6.45) is 2.51. The lowest BCUT2D eigenvalue weighted by Gasteiger charge is -2.22. The van der Waals surface area contributed by atoms with E-state index in [4.69, 9.17) is 4.74 Å². The zero-order valence-electron chi connectivity index (χ0n) is 9.42. The smallest absolute Gasteiger partial charge is 0.0506 e. The highest BCUT2D eigenvalue weighted by Crippen LogP contribution is 2.13. The molecule has 0 aliphatic carbocycles. The van der Waals surface area contributed by atoms with Gasteiger partial charge in [-0.2, -0.15) is 0 Å². The lowest BCUT2D eigenvalue weighted by molar-refractivity contribution is 0.0547. The predicted octanol–water partition coefficient (Wildman–Crippen LogP) is 2.97. The molecule has 0 amide bonds. The Morgan fingerprint density at radius 2 is 2.12 bits per heavy atom. The van der Waals surface area contributed by atoms with Crippen LogP contribution in [-0.4, -0.2) is 19.8 Å². The lowest BCUT2D eigenvalue weighted by Crippen LogP contribution is -2.28. The molecule has 88 valence electrons. The Kier molecular flexibility index (Phi) is 4.82. The van der Waals surface area contributed by atoms with E-state index in [9.17, 15) is 0 Å². The first-order valence-corrected chi connectivity index (χ1v) is 6.67. The highest BCUT2D eigenvalue weighted by molar-refractivity contribution is 9.10. The molecule has 0 spiro atoms. The molecule has 1 aromatic rings. The molecule has 1 atom stereocenters. The summed E-state index contributed by atoms with van der Waals surface area (Å²) in [6, 6.07) is 8.46. The number of hydrogen-bond acceptors (Lipinski definition) is 2. The molecule has 0 radical (unpaired) electrons. The number of benzene rings is 1. The van der Waals surface area contributed by atoms with E-state index in [0.717, 1.165) is 30.8 Å². The summed E-state index contributed by atoms with van der Waals surface area (Å²) in [5.74, 6) is 0.698. The molecule has 1 aromatic carbocycles. The lowest BCUT2D eigenvalue weighted by atomic mass is 10.0. The van der Waals surface area contributed by atoms with Crippen LogP contribution in [0.2, 0.25) is 0 Å². The van der Waals surface area contributed by atoms with Gasteiger partial charge in [0.25, 0.3) is 0 Å². The van der Waals surface area contributed by atoms with Crippen molar-refractivity contribution < 1.29 is 4.74 Å². The summed E-state index contributed by atoms with van der Waals surface area (Å²) < 4.78 is 6.59. The van der Waals surface area contributed by atoms with E-state index in [-0.39, 0.29) is 0 Å². The predicted molar refractivity (Wildman–Crippen MR) is 69.4 cm³/mol. The van der Waals surface area contributed by atoms with Crippen molar-refractivity contribution in [2.75, 3.05) is 19.8 Å². The van der Waals surface area contributed by atoms with Crippen LogP contribution in [0.25, 0.3) is 0 Å². The molecule has 2 nitrogen and oxygen atoms in total. The number of nitrogens with one attached hydrogen (secondary N) is 1. The second-order valence-electron chi connectivity index (χ2n) is 4.34.